The highest BCUT2D eigenvalue weighted by atomic mass is 19.1. The van der Waals surface area contributed by atoms with E-state index in [0.717, 1.165) is 12.1 Å². The molecule has 0 N–H and O–H groups in total. The number of hydrogen-bond donors (Lipinski definition) is 0. The smallest absolute Gasteiger partial charge is 0.162 e. The van der Waals surface area contributed by atoms with Gasteiger partial charge in [-0.3, -0.25) is 4.79 Å². The van der Waals surface area contributed by atoms with Crippen LogP contribution in [0.2, 0.25) is 0 Å². The highest BCUT2D eigenvalue weighted by molar-refractivity contribution is 5.94. The molecule has 1 nitrogen and oxygen atoms in total. The van der Waals surface area contributed by atoms with E-state index in [9.17, 15) is 13.6 Å². The van der Waals surface area contributed by atoms with Gasteiger partial charge in [0.2, 0.25) is 0 Å². The summed E-state index contributed by atoms with van der Waals surface area (Å²) in [6, 6.07) is 1.84. The SMILES string of the molecule is C=Cc1cc(F)c(C(C)=O)cc1F.CC. The van der Waals surface area contributed by atoms with Gasteiger partial charge in [0.15, 0.2) is 5.78 Å². The van der Waals surface area contributed by atoms with E-state index >= 15 is 0 Å². The molecular formula is C12H14F2O. The molecule has 0 spiro atoms. The van der Waals surface area contributed by atoms with Crippen molar-refractivity contribution < 1.29 is 13.6 Å². The van der Waals surface area contributed by atoms with Crippen molar-refractivity contribution in [2.24, 2.45) is 0 Å². The molecule has 0 aromatic heterocycles. The van der Waals surface area contributed by atoms with E-state index in [4.69, 9.17) is 0 Å². The predicted octanol–water partition coefficient (Wildman–Crippen LogP) is 3.84. The molecule has 0 aliphatic rings. The zero-order valence-corrected chi connectivity index (χ0v) is 9.10. The van der Waals surface area contributed by atoms with E-state index in [-0.39, 0.29) is 11.1 Å². The molecule has 0 heterocycles. The van der Waals surface area contributed by atoms with Crippen molar-refractivity contribution in [1.82, 2.24) is 0 Å². The average molecular weight is 212 g/mol. The molecule has 0 unspecified atom stereocenters. The fourth-order valence-electron chi connectivity index (χ4n) is 0.988. The Balaban J connectivity index is 0.000000921. The fraction of sp³-hybridized carbons (Fsp3) is 0.250. The van der Waals surface area contributed by atoms with Crippen LogP contribution in [0, 0.1) is 11.6 Å². The Labute approximate surface area is 88.4 Å². The number of rotatable bonds is 2. The van der Waals surface area contributed by atoms with Crippen LogP contribution in [-0.4, -0.2) is 5.78 Å². The van der Waals surface area contributed by atoms with Crippen LogP contribution >= 0.6 is 0 Å². The number of halogens is 2. The van der Waals surface area contributed by atoms with Gasteiger partial charge < -0.3 is 0 Å². The quantitative estimate of drug-likeness (QED) is 0.681. The number of carbonyl (C=O) groups is 1. The first-order valence-electron chi connectivity index (χ1n) is 4.68. The molecular weight excluding hydrogens is 198 g/mol. The van der Waals surface area contributed by atoms with E-state index in [1.807, 2.05) is 13.8 Å². The maximum absolute atomic E-state index is 13.0. The Bertz CT molecular complexity index is 370. The Hall–Kier alpha value is -1.51. The third-order valence-electron chi connectivity index (χ3n) is 1.69. The van der Waals surface area contributed by atoms with Crippen LogP contribution in [0.3, 0.4) is 0 Å². The van der Waals surface area contributed by atoms with Crippen LogP contribution in [-0.2, 0) is 0 Å². The summed E-state index contributed by atoms with van der Waals surface area (Å²) in [6.45, 7) is 8.50. The Kier molecular flexibility index (Phi) is 5.45. The fourth-order valence-corrected chi connectivity index (χ4v) is 0.988. The zero-order chi connectivity index (χ0) is 12.0. The molecule has 0 saturated heterocycles. The molecule has 1 rings (SSSR count). The summed E-state index contributed by atoms with van der Waals surface area (Å²) < 4.78 is 26.0. The first kappa shape index (κ1) is 13.5. The van der Waals surface area contributed by atoms with Crippen LogP contribution in [0.15, 0.2) is 18.7 Å². The zero-order valence-electron chi connectivity index (χ0n) is 9.10. The molecule has 0 radical (unpaired) electrons. The Morgan fingerprint density at radius 1 is 1.27 bits per heavy atom. The number of benzene rings is 1. The van der Waals surface area contributed by atoms with Gasteiger partial charge in [-0.25, -0.2) is 8.78 Å². The number of hydrogen-bond acceptors (Lipinski definition) is 1. The molecule has 82 valence electrons. The molecule has 0 aliphatic carbocycles. The molecule has 0 aliphatic heterocycles. The molecule has 15 heavy (non-hydrogen) atoms. The van der Waals surface area contributed by atoms with Crippen molar-refractivity contribution in [3.8, 4) is 0 Å². The van der Waals surface area contributed by atoms with Gasteiger partial charge in [0.25, 0.3) is 0 Å². The summed E-state index contributed by atoms with van der Waals surface area (Å²) >= 11 is 0. The predicted molar refractivity (Wildman–Crippen MR) is 57.8 cm³/mol. The van der Waals surface area contributed by atoms with Crippen molar-refractivity contribution in [2.75, 3.05) is 0 Å². The van der Waals surface area contributed by atoms with E-state index in [0.29, 0.717) is 0 Å². The Morgan fingerprint density at radius 2 is 1.80 bits per heavy atom. The normalized spacial score (nSPS) is 8.87. The largest absolute Gasteiger partial charge is 0.294 e. The standard InChI is InChI=1S/C10H8F2O.C2H6/c1-3-7-4-10(12)8(6(2)13)5-9(7)11;1-2/h3-5H,1H2,2H3;1-2H3. The highest BCUT2D eigenvalue weighted by Crippen LogP contribution is 2.16. The van der Waals surface area contributed by atoms with Gasteiger partial charge in [-0.05, 0) is 19.1 Å². The van der Waals surface area contributed by atoms with Crippen molar-refractivity contribution in [3.05, 3.63) is 41.5 Å². The topological polar surface area (TPSA) is 17.1 Å². The summed E-state index contributed by atoms with van der Waals surface area (Å²) in [4.78, 5) is 10.8. The lowest BCUT2D eigenvalue weighted by atomic mass is 10.1. The van der Waals surface area contributed by atoms with Crippen molar-refractivity contribution >= 4 is 11.9 Å². The second kappa shape index (κ2) is 6.06. The van der Waals surface area contributed by atoms with E-state index in [1.165, 1.54) is 13.0 Å². The minimum Gasteiger partial charge on any atom is -0.294 e. The molecule has 0 amide bonds. The van der Waals surface area contributed by atoms with Crippen LogP contribution in [0.5, 0.6) is 0 Å². The maximum Gasteiger partial charge on any atom is 0.162 e. The molecule has 1 aromatic rings. The molecule has 0 fully saturated rings. The monoisotopic (exact) mass is 212 g/mol. The average Bonchev–Trinajstić information content (AvgIpc) is 2.23. The van der Waals surface area contributed by atoms with E-state index in [2.05, 4.69) is 6.58 Å². The summed E-state index contributed by atoms with van der Waals surface area (Å²) in [5, 5.41) is 0. The number of Topliss-reactive ketones (excluding diaryl/α,β-unsaturated/α-hetero) is 1. The minimum atomic E-state index is -0.719. The summed E-state index contributed by atoms with van der Waals surface area (Å²) in [6.07, 6.45) is 1.20. The van der Waals surface area contributed by atoms with Gasteiger partial charge in [0, 0.05) is 5.56 Å². The van der Waals surface area contributed by atoms with Crippen LogP contribution in [0.25, 0.3) is 6.08 Å². The first-order chi connectivity index (χ1) is 7.06. The van der Waals surface area contributed by atoms with Gasteiger partial charge in [0.05, 0.1) is 5.56 Å². The second-order valence-electron chi connectivity index (χ2n) is 2.61. The molecule has 3 heteroatoms. The summed E-state index contributed by atoms with van der Waals surface area (Å²) in [5.41, 5.74) is -0.175. The lowest BCUT2D eigenvalue weighted by molar-refractivity contribution is 0.101. The van der Waals surface area contributed by atoms with Gasteiger partial charge in [-0.2, -0.15) is 0 Å². The summed E-state index contributed by atoms with van der Waals surface area (Å²) in [5.74, 6) is -1.85. The Morgan fingerprint density at radius 3 is 2.20 bits per heavy atom. The minimum absolute atomic E-state index is 0.0579. The second-order valence-corrected chi connectivity index (χ2v) is 2.61. The number of ketones is 1. The van der Waals surface area contributed by atoms with Crippen LogP contribution in [0.1, 0.15) is 36.7 Å². The lowest BCUT2D eigenvalue weighted by Crippen LogP contribution is -1.99. The van der Waals surface area contributed by atoms with Crippen molar-refractivity contribution in [2.45, 2.75) is 20.8 Å². The van der Waals surface area contributed by atoms with Crippen molar-refractivity contribution in [1.29, 1.82) is 0 Å². The van der Waals surface area contributed by atoms with E-state index in [1.54, 1.807) is 0 Å². The van der Waals surface area contributed by atoms with E-state index < -0.39 is 17.4 Å². The third kappa shape index (κ3) is 3.27. The number of carbonyl (C=O) groups excluding carboxylic acids is 1. The molecule has 0 atom stereocenters. The van der Waals surface area contributed by atoms with Gasteiger partial charge in [0.1, 0.15) is 11.6 Å². The molecule has 0 saturated carbocycles. The summed E-state index contributed by atoms with van der Waals surface area (Å²) in [7, 11) is 0. The van der Waals surface area contributed by atoms with Crippen molar-refractivity contribution in [3.63, 3.8) is 0 Å². The lowest BCUT2D eigenvalue weighted by Gasteiger charge is -2.01. The van der Waals surface area contributed by atoms with Crippen LogP contribution in [0.4, 0.5) is 8.78 Å². The van der Waals surface area contributed by atoms with Gasteiger partial charge in [-0.1, -0.05) is 26.5 Å². The molecule has 1 aromatic carbocycles. The van der Waals surface area contributed by atoms with Crippen LogP contribution < -0.4 is 0 Å². The maximum atomic E-state index is 13.0. The van der Waals surface area contributed by atoms with Gasteiger partial charge >= 0.3 is 0 Å². The highest BCUT2D eigenvalue weighted by Gasteiger charge is 2.10. The van der Waals surface area contributed by atoms with Gasteiger partial charge in [-0.15, -0.1) is 0 Å². The third-order valence-corrected chi connectivity index (χ3v) is 1.69. The molecule has 0 bridgehead atoms. The first-order valence-corrected chi connectivity index (χ1v) is 4.68.